The lowest BCUT2D eigenvalue weighted by Gasteiger charge is -2.35. The van der Waals surface area contributed by atoms with E-state index in [4.69, 9.17) is 13.0 Å². The van der Waals surface area contributed by atoms with Crippen molar-refractivity contribution >= 4 is 25.9 Å². The first kappa shape index (κ1) is 27.2. The van der Waals surface area contributed by atoms with Gasteiger partial charge in [0, 0.05) is 26.2 Å². The third-order valence-corrected chi connectivity index (χ3v) is 5.43. The molecule has 1 saturated heterocycles. The number of hydrogen-bond donors (Lipinski definition) is 1. The Hall–Kier alpha value is -1.85. The monoisotopic (exact) mass is 506 g/mol. The van der Waals surface area contributed by atoms with Crippen LogP contribution >= 0.6 is 0 Å². The van der Waals surface area contributed by atoms with Crippen molar-refractivity contribution in [2.75, 3.05) is 37.6 Å². The zero-order valence-corrected chi connectivity index (χ0v) is 17.2. The number of alkyl halides is 6. The quantitative estimate of drug-likeness (QED) is 0.288. The Kier molecular flexibility index (Phi) is 8.54. The smallest absolute Gasteiger partial charge is 0.373 e. The summed E-state index contributed by atoms with van der Waals surface area (Å²) in [6, 6.07) is 3.49. The third-order valence-electron chi connectivity index (χ3n) is 3.88. The van der Waals surface area contributed by atoms with E-state index in [1.54, 1.807) is 4.90 Å². The Balaban J connectivity index is 0.000000512. The van der Waals surface area contributed by atoms with Crippen molar-refractivity contribution in [3.63, 3.8) is 0 Å². The van der Waals surface area contributed by atoms with Crippen LogP contribution in [0.5, 0.6) is 5.75 Å². The first-order valence-electron chi connectivity index (χ1n) is 8.21. The Morgan fingerprint density at radius 1 is 0.968 bits per heavy atom. The Morgan fingerprint density at radius 3 is 1.84 bits per heavy atom. The summed E-state index contributed by atoms with van der Waals surface area (Å²) >= 11 is 0. The van der Waals surface area contributed by atoms with Gasteiger partial charge in [-0.3, -0.25) is 4.55 Å². The fourth-order valence-electron chi connectivity index (χ4n) is 2.28. The lowest BCUT2D eigenvalue weighted by Crippen LogP contribution is -2.46. The van der Waals surface area contributed by atoms with Crippen molar-refractivity contribution in [1.29, 1.82) is 0 Å². The number of anilines is 1. The molecule has 180 valence electrons. The minimum Gasteiger partial charge on any atom is -0.373 e. The van der Waals surface area contributed by atoms with Gasteiger partial charge in [-0.25, -0.2) is 4.39 Å². The van der Waals surface area contributed by atoms with Crippen molar-refractivity contribution in [2.24, 2.45) is 0 Å². The van der Waals surface area contributed by atoms with Gasteiger partial charge in [-0.15, -0.1) is 0 Å². The molecule has 0 spiro atoms. The molecule has 0 aliphatic carbocycles. The molecule has 1 N–H and O–H groups in total. The van der Waals surface area contributed by atoms with E-state index >= 15 is 0 Å². The fourth-order valence-corrected chi connectivity index (χ4v) is 2.74. The molecule has 0 saturated carbocycles. The lowest BCUT2D eigenvalue weighted by atomic mass is 10.2. The van der Waals surface area contributed by atoms with Crippen LogP contribution in [0.2, 0.25) is 0 Å². The van der Waals surface area contributed by atoms with E-state index in [9.17, 15) is 39.2 Å². The summed E-state index contributed by atoms with van der Waals surface area (Å²) in [7, 11) is -11.7. The highest BCUT2D eigenvalue weighted by Crippen LogP contribution is 2.32. The van der Waals surface area contributed by atoms with Gasteiger partial charge in [-0.2, -0.15) is 43.2 Å². The van der Waals surface area contributed by atoms with Gasteiger partial charge >= 0.3 is 31.3 Å². The minimum absolute atomic E-state index is 0.0237. The number of likely N-dealkylation sites (N-methyl/N-ethyl adjacent to an activating group) is 1. The van der Waals surface area contributed by atoms with E-state index in [1.165, 1.54) is 12.1 Å². The second-order valence-electron chi connectivity index (χ2n) is 5.91. The maximum Gasteiger partial charge on any atom is 0.534 e. The number of hydrogen-bond acceptors (Lipinski definition) is 7. The van der Waals surface area contributed by atoms with Crippen molar-refractivity contribution < 1.29 is 56.3 Å². The zero-order valence-electron chi connectivity index (χ0n) is 15.6. The molecule has 8 nitrogen and oxygen atoms in total. The molecule has 1 aliphatic rings. The van der Waals surface area contributed by atoms with Crippen LogP contribution in [0.4, 0.5) is 36.4 Å². The molecule has 1 heterocycles. The molecule has 0 radical (unpaired) electrons. The zero-order chi connectivity index (χ0) is 24.3. The average molecular weight is 506 g/mol. The molecule has 31 heavy (non-hydrogen) atoms. The van der Waals surface area contributed by atoms with Crippen molar-refractivity contribution in [2.45, 2.75) is 17.9 Å². The van der Waals surface area contributed by atoms with Gasteiger partial charge in [-0.05, 0) is 18.7 Å². The van der Waals surface area contributed by atoms with Crippen LogP contribution < -0.4 is 9.08 Å². The molecule has 1 aromatic rings. The summed E-state index contributed by atoms with van der Waals surface area (Å²) in [5.74, 6) is -2.08. The Labute approximate surface area is 173 Å². The van der Waals surface area contributed by atoms with E-state index in [2.05, 4.69) is 9.08 Å². The highest BCUT2D eigenvalue weighted by Gasteiger charge is 2.49. The van der Waals surface area contributed by atoms with Gasteiger partial charge < -0.3 is 14.0 Å². The molecule has 0 aromatic heterocycles. The fraction of sp³-hybridized carbons (Fsp3) is 0.571. The van der Waals surface area contributed by atoms with E-state index in [1.807, 2.05) is 6.92 Å². The molecule has 1 aliphatic heterocycles. The van der Waals surface area contributed by atoms with E-state index in [0.29, 0.717) is 26.2 Å². The molecule has 0 unspecified atom stereocenters. The van der Waals surface area contributed by atoms with Gasteiger partial charge in [0.2, 0.25) is 0 Å². The molecule has 0 atom stereocenters. The normalized spacial score (nSPS) is 16.5. The SMILES string of the molecule is CCN1CCN(c2cccc(OS(=O)(=O)C(F)(F)F)c2F)CC1.O=S(=O)(O)C(F)(F)F. The maximum absolute atomic E-state index is 14.3. The third kappa shape index (κ3) is 7.36. The van der Waals surface area contributed by atoms with Gasteiger partial charge in [-0.1, -0.05) is 13.0 Å². The lowest BCUT2D eigenvalue weighted by molar-refractivity contribution is -0.0512. The summed E-state index contributed by atoms with van der Waals surface area (Å²) < 4.78 is 135. The standard InChI is InChI=1S/C13H16F4N2O3S.CHF3O3S/c1-2-18-6-8-19(9-7-18)10-4-3-5-11(12(10)14)22-23(20,21)13(15,16)17;2-1(3,4)8(5,6)7/h3-5H,2,6-9H2,1H3;(H,5,6,7). The molecule has 1 aromatic carbocycles. The first-order valence-corrected chi connectivity index (χ1v) is 11.1. The van der Waals surface area contributed by atoms with Gasteiger partial charge in [0.1, 0.15) is 0 Å². The van der Waals surface area contributed by atoms with Gasteiger partial charge in [0.25, 0.3) is 0 Å². The van der Waals surface area contributed by atoms with Crippen LogP contribution in [-0.2, 0) is 20.2 Å². The predicted octanol–water partition coefficient (Wildman–Crippen LogP) is 2.59. The second-order valence-corrected chi connectivity index (χ2v) is 8.87. The van der Waals surface area contributed by atoms with Gasteiger partial charge in [0.05, 0.1) is 5.69 Å². The van der Waals surface area contributed by atoms with Crippen LogP contribution in [-0.4, -0.2) is 70.0 Å². The highest BCUT2D eigenvalue weighted by molar-refractivity contribution is 7.88. The summed E-state index contributed by atoms with van der Waals surface area (Å²) in [4.78, 5) is 3.79. The van der Waals surface area contributed by atoms with Crippen LogP contribution in [0.3, 0.4) is 0 Å². The summed E-state index contributed by atoms with van der Waals surface area (Å²) in [5.41, 5.74) is -11.1. The summed E-state index contributed by atoms with van der Waals surface area (Å²) in [6.07, 6.45) is 0. The van der Waals surface area contributed by atoms with Crippen LogP contribution in [0.1, 0.15) is 6.92 Å². The topological polar surface area (TPSA) is 104 Å². The van der Waals surface area contributed by atoms with Gasteiger partial charge in [0.15, 0.2) is 11.6 Å². The number of nitrogens with zero attached hydrogens (tertiary/aromatic N) is 2. The second kappa shape index (κ2) is 9.74. The number of benzene rings is 1. The minimum atomic E-state index is -5.90. The van der Waals surface area contributed by atoms with Crippen LogP contribution in [0.15, 0.2) is 18.2 Å². The van der Waals surface area contributed by atoms with Crippen molar-refractivity contribution in [1.82, 2.24) is 4.90 Å². The van der Waals surface area contributed by atoms with Crippen molar-refractivity contribution in [3.05, 3.63) is 24.0 Å². The Bertz CT molecular complexity index is 956. The first-order chi connectivity index (χ1) is 13.9. The van der Waals surface area contributed by atoms with Crippen LogP contribution in [0, 0.1) is 5.82 Å². The predicted molar refractivity (Wildman–Crippen MR) is 93.9 cm³/mol. The number of rotatable bonds is 4. The van der Waals surface area contributed by atoms with E-state index in [0.717, 1.165) is 12.6 Å². The Morgan fingerprint density at radius 2 is 1.45 bits per heavy atom. The molecule has 2 rings (SSSR count). The molecular formula is C14H17F7N2O6S2. The van der Waals surface area contributed by atoms with Crippen LogP contribution in [0.25, 0.3) is 0 Å². The molecule has 0 amide bonds. The largest absolute Gasteiger partial charge is 0.534 e. The summed E-state index contributed by atoms with van der Waals surface area (Å²) in [5, 5.41) is 0. The molecular weight excluding hydrogens is 489 g/mol. The molecule has 17 heteroatoms. The molecule has 1 fully saturated rings. The summed E-state index contributed by atoms with van der Waals surface area (Å²) in [6.45, 7) is 5.18. The highest BCUT2D eigenvalue weighted by atomic mass is 32.2. The van der Waals surface area contributed by atoms with E-state index in [-0.39, 0.29) is 5.69 Å². The number of halogens is 7. The van der Waals surface area contributed by atoms with E-state index < -0.39 is 42.8 Å². The average Bonchev–Trinajstić information content (AvgIpc) is 2.61. The molecule has 0 bridgehead atoms. The number of piperazine rings is 1. The maximum atomic E-state index is 14.3. The van der Waals surface area contributed by atoms with Crippen molar-refractivity contribution in [3.8, 4) is 5.75 Å².